The first kappa shape index (κ1) is 38.1. The van der Waals surface area contributed by atoms with Gasteiger partial charge in [-0.1, -0.05) is 159 Å². The lowest BCUT2D eigenvalue weighted by Crippen LogP contribution is -2.26. The van der Waals surface area contributed by atoms with Crippen LogP contribution in [-0.4, -0.2) is 16.2 Å². The van der Waals surface area contributed by atoms with E-state index in [9.17, 15) is 0 Å². The van der Waals surface area contributed by atoms with Gasteiger partial charge in [-0.25, -0.2) is 4.98 Å². The fourth-order valence-electron chi connectivity index (χ4n) is 8.56. The minimum Gasteiger partial charge on any atom is -0.328 e. The SMILES string of the molecule is CC(C)(C)c1ccnc(-n2c3ccccc3c3ccc(C(C)(C)c4cc(-c5ccccc5)cc(N5C=CN(c6ccc(C(C)(C)C)cc6-c6ccccc6)C5)c4)cc32)c1. The van der Waals surface area contributed by atoms with Crippen LogP contribution < -0.4 is 9.80 Å². The van der Waals surface area contributed by atoms with Gasteiger partial charge in [0.15, 0.2) is 0 Å². The number of nitrogens with zero attached hydrogens (tertiary/aromatic N) is 4. The van der Waals surface area contributed by atoms with Crippen LogP contribution in [0.1, 0.15) is 77.6 Å². The van der Waals surface area contributed by atoms with Crippen molar-refractivity contribution in [2.24, 2.45) is 0 Å². The first-order valence-electron chi connectivity index (χ1n) is 20.9. The normalized spacial score (nSPS) is 13.6. The molecule has 0 unspecified atom stereocenters. The highest BCUT2D eigenvalue weighted by molar-refractivity contribution is 6.09. The predicted molar refractivity (Wildman–Crippen MR) is 251 cm³/mol. The molecule has 3 heterocycles. The summed E-state index contributed by atoms with van der Waals surface area (Å²) in [7, 11) is 0. The Morgan fingerprint density at radius 1 is 0.458 bits per heavy atom. The van der Waals surface area contributed by atoms with Crippen molar-refractivity contribution >= 4 is 33.2 Å². The van der Waals surface area contributed by atoms with Crippen LogP contribution in [0.4, 0.5) is 11.4 Å². The Kier molecular flexibility index (Phi) is 9.35. The minimum atomic E-state index is -0.331. The Balaban J connectivity index is 1.14. The van der Waals surface area contributed by atoms with Gasteiger partial charge < -0.3 is 9.80 Å². The molecule has 0 saturated heterocycles. The number of hydrogen-bond acceptors (Lipinski definition) is 3. The monoisotopic (exact) mass is 770 g/mol. The van der Waals surface area contributed by atoms with Crippen molar-refractivity contribution in [3.8, 4) is 28.1 Å². The van der Waals surface area contributed by atoms with E-state index in [4.69, 9.17) is 4.98 Å². The number of benzene rings is 6. The molecule has 0 fully saturated rings. The summed E-state index contributed by atoms with van der Waals surface area (Å²) in [6, 6.07) is 55.9. The maximum atomic E-state index is 4.96. The van der Waals surface area contributed by atoms with E-state index in [2.05, 4.69) is 234 Å². The zero-order valence-electron chi connectivity index (χ0n) is 35.7. The molecule has 1 aliphatic rings. The Hall–Kier alpha value is -6.39. The number of aromatic nitrogens is 2. The van der Waals surface area contributed by atoms with E-state index in [1.807, 2.05) is 6.20 Å². The number of hydrogen-bond donors (Lipinski definition) is 0. The number of pyridine rings is 1. The van der Waals surface area contributed by atoms with Crippen molar-refractivity contribution in [1.82, 2.24) is 9.55 Å². The van der Waals surface area contributed by atoms with E-state index < -0.39 is 0 Å². The van der Waals surface area contributed by atoms with Crippen molar-refractivity contribution in [3.63, 3.8) is 0 Å². The summed E-state index contributed by atoms with van der Waals surface area (Å²) in [5.74, 6) is 0.945. The summed E-state index contributed by atoms with van der Waals surface area (Å²) in [5.41, 5.74) is 14.4. The molecule has 9 rings (SSSR count). The summed E-state index contributed by atoms with van der Waals surface area (Å²) >= 11 is 0. The van der Waals surface area contributed by atoms with E-state index in [-0.39, 0.29) is 16.2 Å². The summed E-state index contributed by atoms with van der Waals surface area (Å²) in [4.78, 5) is 9.72. The summed E-state index contributed by atoms with van der Waals surface area (Å²) < 4.78 is 2.35. The van der Waals surface area contributed by atoms with Crippen molar-refractivity contribution in [1.29, 1.82) is 0 Å². The maximum Gasteiger partial charge on any atom is 0.137 e. The molecule has 0 radical (unpaired) electrons. The fourth-order valence-corrected chi connectivity index (χ4v) is 8.56. The lowest BCUT2D eigenvalue weighted by Gasteiger charge is -2.30. The predicted octanol–water partition coefficient (Wildman–Crippen LogP) is 14.2. The maximum absolute atomic E-state index is 4.96. The fraction of sp³-hybridized carbons (Fsp3) is 0.218. The first-order chi connectivity index (χ1) is 28.3. The van der Waals surface area contributed by atoms with Gasteiger partial charge >= 0.3 is 0 Å². The van der Waals surface area contributed by atoms with Crippen LogP contribution in [0.25, 0.3) is 49.9 Å². The van der Waals surface area contributed by atoms with E-state index in [1.165, 1.54) is 77.7 Å². The Labute approximate surface area is 350 Å². The van der Waals surface area contributed by atoms with Crippen LogP contribution >= 0.6 is 0 Å². The molecule has 0 atom stereocenters. The van der Waals surface area contributed by atoms with Crippen molar-refractivity contribution < 1.29 is 0 Å². The van der Waals surface area contributed by atoms with Crippen LogP contribution in [0.15, 0.2) is 170 Å². The second-order valence-corrected chi connectivity index (χ2v) is 18.7. The second-order valence-electron chi connectivity index (χ2n) is 18.7. The van der Waals surface area contributed by atoms with Gasteiger partial charge in [0, 0.05) is 46.0 Å². The zero-order chi connectivity index (χ0) is 41.1. The van der Waals surface area contributed by atoms with Gasteiger partial charge in [-0.3, -0.25) is 4.57 Å². The minimum absolute atomic E-state index is 0.00765. The first-order valence-corrected chi connectivity index (χ1v) is 20.9. The summed E-state index contributed by atoms with van der Waals surface area (Å²) in [5, 5.41) is 2.46. The molecule has 0 amide bonds. The summed E-state index contributed by atoms with van der Waals surface area (Å²) in [6.45, 7) is 19.1. The lowest BCUT2D eigenvalue weighted by atomic mass is 9.77. The molecule has 0 spiro atoms. The van der Waals surface area contributed by atoms with Gasteiger partial charge in [-0.2, -0.15) is 0 Å². The van der Waals surface area contributed by atoms with Crippen LogP contribution in [0.5, 0.6) is 0 Å². The molecule has 0 aliphatic carbocycles. The topological polar surface area (TPSA) is 24.3 Å². The van der Waals surface area contributed by atoms with E-state index in [0.29, 0.717) is 6.67 Å². The molecule has 1 aliphatic heterocycles. The van der Waals surface area contributed by atoms with E-state index in [0.717, 1.165) is 5.82 Å². The third-order valence-corrected chi connectivity index (χ3v) is 12.3. The second kappa shape index (κ2) is 14.5. The van der Waals surface area contributed by atoms with Crippen LogP contribution in [0.3, 0.4) is 0 Å². The molecular formula is C55H54N4. The van der Waals surface area contributed by atoms with Crippen molar-refractivity contribution in [3.05, 3.63) is 193 Å². The van der Waals surface area contributed by atoms with Gasteiger partial charge in [0.05, 0.1) is 23.4 Å². The Morgan fingerprint density at radius 2 is 1.08 bits per heavy atom. The highest BCUT2D eigenvalue weighted by Gasteiger charge is 2.28. The average Bonchev–Trinajstić information content (AvgIpc) is 3.87. The van der Waals surface area contributed by atoms with Gasteiger partial charge in [0.2, 0.25) is 0 Å². The van der Waals surface area contributed by atoms with Crippen molar-refractivity contribution in [2.75, 3.05) is 16.5 Å². The average molecular weight is 771 g/mol. The van der Waals surface area contributed by atoms with E-state index in [1.54, 1.807) is 0 Å². The van der Waals surface area contributed by atoms with E-state index >= 15 is 0 Å². The third-order valence-electron chi connectivity index (χ3n) is 12.3. The van der Waals surface area contributed by atoms with Crippen LogP contribution in [0, 0.1) is 0 Å². The quantitative estimate of drug-likeness (QED) is 0.161. The molecular weight excluding hydrogens is 717 g/mol. The van der Waals surface area contributed by atoms with Gasteiger partial charge in [-0.15, -0.1) is 0 Å². The molecule has 294 valence electrons. The Morgan fingerprint density at radius 3 is 1.81 bits per heavy atom. The molecule has 59 heavy (non-hydrogen) atoms. The van der Waals surface area contributed by atoms with Crippen molar-refractivity contribution in [2.45, 2.75) is 71.6 Å². The van der Waals surface area contributed by atoms with Crippen LogP contribution in [-0.2, 0) is 16.2 Å². The lowest BCUT2D eigenvalue weighted by molar-refractivity contribution is 0.588. The summed E-state index contributed by atoms with van der Waals surface area (Å²) in [6.07, 6.45) is 6.42. The number of anilines is 2. The molecule has 6 aromatic carbocycles. The molecule has 0 N–H and O–H groups in total. The molecule has 4 heteroatoms. The zero-order valence-corrected chi connectivity index (χ0v) is 35.7. The third kappa shape index (κ3) is 7.12. The van der Waals surface area contributed by atoms with Crippen LogP contribution in [0.2, 0.25) is 0 Å². The standard InChI is InChI=1S/C55H54N4/c1-53(2,3)41-24-26-49(48(34-41)39-19-13-10-14-20-39)58-30-29-57(37-58)45-32-40(38-17-11-9-12-18-38)31-44(33-45)55(7,8)43-23-25-47-46-21-15-16-22-50(46)59(51(47)35-43)52-36-42(27-28-56-52)54(4,5)6/h9-36H,37H2,1-8H3. The molecule has 8 aromatic rings. The smallest absolute Gasteiger partial charge is 0.137 e. The number of fused-ring (bicyclic) bond motifs is 3. The highest BCUT2D eigenvalue weighted by Crippen LogP contribution is 2.42. The largest absolute Gasteiger partial charge is 0.328 e. The van der Waals surface area contributed by atoms with Gasteiger partial charge in [0.25, 0.3) is 0 Å². The molecule has 0 bridgehead atoms. The number of para-hydroxylation sites is 1. The van der Waals surface area contributed by atoms with Gasteiger partial charge in [-0.05, 0) is 98.3 Å². The molecule has 2 aromatic heterocycles. The highest BCUT2D eigenvalue weighted by atomic mass is 15.3. The molecule has 4 nitrogen and oxygen atoms in total. The molecule has 0 saturated carbocycles. The number of rotatable bonds is 7. The Bertz CT molecular complexity index is 2850. The van der Waals surface area contributed by atoms with Gasteiger partial charge in [0.1, 0.15) is 5.82 Å².